The van der Waals surface area contributed by atoms with Crippen molar-refractivity contribution in [1.82, 2.24) is 9.88 Å². The van der Waals surface area contributed by atoms with Crippen LogP contribution in [-0.2, 0) is 6.54 Å². The summed E-state index contributed by atoms with van der Waals surface area (Å²) in [7, 11) is 1.77. The highest BCUT2D eigenvalue weighted by molar-refractivity contribution is 5.96. The topological polar surface area (TPSA) is 59.2 Å². The zero-order chi connectivity index (χ0) is 14.7. The number of nitrogens with zero attached hydrogens (tertiary/aromatic N) is 2. The van der Waals surface area contributed by atoms with E-state index in [1.165, 1.54) is 0 Å². The summed E-state index contributed by atoms with van der Waals surface area (Å²) >= 11 is 0. The molecule has 1 heterocycles. The van der Waals surface area contributed by atoms with E-state index in [9.17, 15) is 4.79 Å². The van der Waals surface area contributed by atoms with Gasteiger partial charge in [-0.2, -0.15) is 0 Å². The number of carbonyl (C=O) groups is 1. The maximum absolute atomic E-state index is 12.4. The van der Waals surface area contributed by atoms with E-state index in [2.05, 4.69) is 4.98 Å². The molecule has 1 aromatic heterocycles. The van der Waals surface area contributed by atoms with Crippen LogP contribution >= 0.6 is 0 Å². The van der Waals surface area contributed by atoms with Crippen molar-refractivity contribution in [3.05, 3.63) is 58.9 Å². The van der Waals surface area contributed by atoms with Crippen molar-refractivity contribution in [2.24, 2.45) is 0 Å². The Morgan fingerprint density at radius 2 is 2.00 bits per heavy atom. The Balaban J connectivity index is 2.18. The minimum atomic E-state index is -0.0434. The molecule has 0 saturated heterocycles. The predicted octanol–water partition coefficient (Wildman–Crippen LogP) is 2.55. The Labute approximate surface area is 119 Å². The molecule has 0 atom stereocenters. The molecule has 0 radical (unpaired) electrons. The molecular formula is C16H19N3O. The number of rotatable bonds is 3. The molecule has 20 heavy (non-hydrogen) atoms. The summed E-state index contributed by atoms with van der Waals surface area (Å²) in [6.45, 7) is 4.33. The number of aryl methyl sites for hydroxylation is 2. The maximum atomic E-state index is 12.4. The highest BCUT2D eigenvalue weighted by Gasteiger charge is 2.15. The summed E-state index contributed by atoms with van der Waals surface area (Å²) < 4.78 is 0. The van der Waals surface area contributed by atoms with Crippen LogP contribution in [0, 0.1) is 13.8 Å². The van der Waals surface area contributed by atoms with Crippen LogP contribution in [0.15, 0.2) is 36.4 Å². The minimum absolute atomic E-state index is 0.0434. The van der Waals surface area contributed by atoms with Crippen LogP contribution in [0.3, 0.4) is 0 Å². The molecule has 2 N–H and O–H groups in total. The molecule has 1 aromatic carbocycles. The monoisotopic (exact) mass is 269 g/mol. The van der Waals surface area contributed by atoms with Crippen LogP contribution in [-0.4, -0.2) is 22.8 Å². The van der Waals surface area contributed by atoms with Gasteiger partial charge in [0.2, 0.25) is 0 Å². The van der Waals surface area contributed by atoms with E-state index in [0.717, 1.165) is 17.0 Å². The fourth-order valence-electron chi connectivity index (χ4n) is 2.08. The lowest BCUT2D eigenvalue weighted by Gasteiger charge is -2.18. The van der Waals surface area contributed by atoms with E-state index >= 15 is 0 Å². The standard InChI is InChI=1S/C16H19N3O/c1-11-7-8-13(17)9-15(11)16(20)19(3)10-14-6-4-5-12(2)18-14/h4-9H,10,17H2,1-3H3. The van der Waals surface area contributed by atoms with Gasteiger partial charge in [0.05, 0.1) is 12.2 Å². The van der Waals surface area contributed by atoms with E-state index < -0.39 is 0 Å². The van der Waals surface area contributed by atoms with Gasteiger partial charge in [-0.3, -0.25) is 9.78 Å². The lowest BCUT2D eigenvalue weighted by atomic mass is 10.1. The van der Waals surface area contributed by atoms with Gasteiger partial charge < -0.3 is 10.6 Å². The predicted molar refractivity (Wildman–Crippen MR) is 80.4 cm³/mol. The summed E-state index contributed by atoms with van der Waals surface area (Å²) in [5, 5.41) is 0. The van der Waals surface area contributed by atoms with Crippen molar-refractivity contribution in [3.8, 4) is 0 Å². The third-order valence-corrected chi connectivity index (χ3v) is 3.18. The summed E-state index contributed by atoms with van der Waals surface area (Å²) in [6.07, 6.45) is 0. The molecule has 0 aliphatic heterocycles. The van der Waals surface area contributed by atoms with E-state index in [1.54, 1.807) is 24.1 Å². The molecule has 4 heteroatoms. The normalized spacial score (nSPS) is 10.3. The minimum Gasteiger partial charge on any atom is -0.399 e. The molecule has 0 bridgehead atoms. The average molecular weight is 269 g/mol. The van der Waals surface area contributed by atoms with E-state index in [0.29, 0.717) is 17.8 Å². The first kappa shape index (κ1) is 14.1. The smallest absolute Gasteiger partial charge is 0.254 e. The molecule has 2 aromatic rings. The largest absolute Gasteiger partial charge is 0.399 e. The number of amides is 1. The fraction of sp³-hybridized carbons (Fsp3) is 0.250. The van der Waals surface area contributed by atoms with Gasteiger partial charge in [-0.15, -0.1) is 0 Å². The second-order valence-corrected chi connectivity index (χ2v) is 5.01. The highest BCUT2D eigenvalue weighted by Crippen LogP contribution is 2.15. The zero-order valence-electron chi connectivity index (χ0n) is 12.1. The molecule has 0 fully saturated rings. The van der Waals surface area contributed by atoms with Gasteiger partial charge in [-0.25, -0.2) is 0 Å². The Morgan fingerprint density at radius 3 is 2.70 bits per heavy atom. The molecule has 0 saturated carbocycles. The Kier molecular flexibility index (Phi) is 4.03. The maximum Gasteiger partial charge on any atom is 0.254 e. The van der Waals surface area contributed by atoms with Crippen molar-refractivity contribution >= 4 is 11.6 Å². The first-order valence-corrected chi connectivity index (χ1v) is 6.51. The quantitative estimate of drug-likeness (QED) is 0.871. The number of nitrogens with two attached hydrogens (primary N) is 1. The van der Waals surface area contributed by atoms with Crippen LogP contribution in [0.5, 0.6) is 0 Å². The number of pyridine rings is 1. The molecule has 2 rings (SSSR count). The van der Waals surface area contributed by atoms with E-state index in [-0.39, 0.29) is 5.91 Å². The van der Waals surface area contributed by atoms with Crippen molar-refractivity contribution in [1.29, 1.82) is 0 Å². The van der Waals surface area contributed by atoms with Crippen LogP contribution < -0.4 is 5.73 Å². The third-order valence-electron chi connectivity index (χ3n) is 3.18. The number of carbonyl (C=O) groups excluding carboxylic acids is 1. The SMILES string of the molecule is Cc1cccc(CN(C)C(=O)c2cc(N)ccc2C)n1. The van der Waals surface area contributed by atoms with Gasteiger partial charge in [-0.05, 0) is 43.7 Å². The number of hydrogen-bond donors (Lipinski definition) is 1. The van der Waals surface area contributed by atoms with Crippen molar-refractivity contribution in [2.45, 2.75) is 20.4 Å². The first-order chi connectivity index (χ1) is 9.47. The van der Waals surface area contributed by atoms with Crippen LogP contribution in [0.1, 0.15) is 27.3 Å². The van der Waals surface area contributed by atoms with Crippen molar-refractivity contribution < 1.29 is 4.79 Å². The molecule has 104 valence electrons. The number of nitrogen functional groups attached to an aromatic ring is 1. The summed E-state index contributed by atoms with van der Waals surface area (Å²) in [6, 6.07) is 11.2. The zero-order valence-corrected chi connectivity index (χ0v) is 12.1. The van der Waals surface area contributed by atoms with Gasteiger partial charge in [0.1, 0.15) is 0 Å². The van der Waals surface area contributed by atoms with Crippen molar-refractivity contribution in [3.63, 3.8) is 0 Å². The summed E-state index contributed by atoms with van der Waals surface area (Å²) in [5.74, 6) is -0.0434. The molecule has 4 nitrogen and oxygen atoms in total. The van der Waals surface area contributed by atoms with Gasteiger partial charge in [-0.1, -0.05) is 12.1 Å². The highest BCUT2D eigenvalue weighted by atomic mass is 16.2. The summed E-state index contributed by atoms with van der Waals surface area (Å²) in [4.78, 5) is 18.5. The average Bonchev–Trinajstić information content (AvgIpc) is 2.40. The molecule has 0 spiro atoms. The number of aromatic nitrogens is 1. The third kappa shape index (κ3) is 3.15. The van der Waals surface area contributed by atoms with Gasteiger partial charge >= 0.3 is 0 Å². The number of benzene rings is 1. The van der Waals surface area contributed by atoms with Crippen molar-refractivity contribution in [2.75, 3.05) is 12.8 Å². The number of hydrogen-bond acceptors (Lipinski definition) is 3. The molecule has 0 aliphatic rings. The molecule has 0 unspecified atom stereocenters. The molecule has 0 aliphatic carbocycles. The Morgan fingerprint density at radius 1 is 1.25 bits per heavy atom. The second kappa shape index (κ2) is 5.74. The lowest BCUT2D eigenvalue weighted by molar-refractivity contribution is 0.0782. The Hall–Kier alpha value is -2.36. The fourth-order valence-corrected chi connectivity index (χ4v) is 2.08. The lowest BCUT2D eigenvalue weighted by Crippen LogP contribution is -2.27. The number of anilines is 1. The molecule has 1 amide bonds. The first-order valence-electron chi connectivity index (χ1n) is 6.51. The van der Waals surface area contributed by atoms with Crippen LogP contribution in [0.4, 0.5) is 5.69 Å². The summed E-state index contributed by atoms with van der Waals surface area (Å²) in [5.41, 5.74) is 9.74. The Bertz CT molecular complexity index is 637. The van der Waals surface area contributed by atoms with Gasteiger partial charge in [0.25, 0.3) is 5.91 Å². The second-order valence-electron chi connectivity index (χ2n) is 5.01. The van der Waals surface area contributed by atoms with Gasteiger partial charge in [0, 0.05) is 24.0 Å². The van der Waals surface area contributed by atoms with Gasteiger partial charge in [0.15, 0.2) is 0 Å². The van der Waals surface area contributed by atoms with E-state index in [4.69, 9.17) is 5.73 Å². The molecular weight excluding hydrogens is 250 g/mol. The van der Waals surface area contributed by atoms with Crippen LogP contribution in [0.2, 0.25) is 0 Å². The van der Waals surface area contributed by atoms with E-state index in [1.807, 2.05) is 38.1 Å². The van der Waals surface area contributed by atoms with Crippen LogP contribution in [0.25, 0.3) is 0 Å².